The zero-order valence-corrected chi connectivity index (χ0v) is 28.6. The minimum absolute atomic E-state index is 0.0168. The summed E-state index contributed by atoms with van der Waals surface area (Å²) in [4.78, 5) is 53.7. The summed E-state index contributed by atoms with van der Waals surface area (Å²) < 4.78 is 35.5. The molecule has 5 aliphatic rings. The molecular formula is C36H54O10. The molecule has 0 bridgehead atoms. The summed E-state index contributed by atoms with van der Waals surface area (Å²) in [7, 11) is 4.85. The van der Waals surface area contributed by atoms with Crippen LogP contribution in [-0.2, 0) is 47.6 Å². The normalized spacial score (nSPS) is 38.9. The number of methoxy groups -OCH3 is 3. The monoisotopic (exact) mass is 646 g/mol. The van der Waals surface area contributed by atoms with Crippen LogP contribution in [0.2, 0.25) is 0 Å². The fourth-order valence-electron chi connectivity index (χ4n) is 9.16. The van der Waals surface area contributed by atoms with Crippen molar-refractivity contribution in [2.24, 2.45) is 47.3 Å². The van der Waals surface area contributed by atoms with Gasteiger partial charge >= 0.3 is 5.97 Å². The third kappa shape index (κ3) is 6.93. The Morgan fingerprint density at radius 2 is 1.67 bits per heavy atom. The second-order valence-corrected chi connectivity index (χ2v) is 14.3. The van der Waals surface area contributed by atoms with Gasteiger partial charge in [-0.15, -0.1) is 0 Å². The van der Waals surface area contributed by atoms with E-state index in [9.17, 15) is 19.2 Å². The summed E-state index contributed by atoms with van der Waals surface area (Å²) in [5.74, 6) is -1.19. The molecule has 4 fully saturated rings. The predicted octanol–water partition coefficient (Wildman–Crippen LogP) is 4.50. The number of rotatable bonds is 11. The molecule has 4 aliphatic carbocycles. The molecular weight excluding hydrogens is 592 g/mol. The van der Waals surface area contributed by atoms with E-state index >= 15 is 0 Å². The number of fused-ring (bicyclic) bond motifs is 8. The van der Waals surface area contributed by atoms with Gasteiger partial charge in [0.25, 0.3) is 0 Å². The van der Waals surface area contributed by atoms with Gasteiger partial charge in [-0.05, 0) is 88.0 Å². The van der Waals surface area contributed by atoms with Crippen molar-refractivity contribution < 1.29 is 47.6 Å². The zero-order chi connectivity index (χ0) is 33.3. The Morgan fingerprint density at radius 1 is 0.935 bits per heavy atom. The Kier molecular flexibility index (Phi) is 11.6. The minimum atomic E-state index is -0.750. The largest absolute Gasteiger partial charge is 0.462 e. The number of hydrogen-bond donors (Lipinski definition) is 0. The number of carbonyl (C=O) groups is 4. The van der Waals surface area contributed by atoms with E-state index < -0.39 is 18.3 Å². The average Bonchev–Trinajstić information content (AvgIpc) is 3.60. The Hall–Kier alpha value is -1.98. The number of esters is 1. The molecule has 14 atom stereocenters. The number of hydrogen-bond acceptors (Lipinski definition) is 10. The molecule has 258 valence electrons. The standard InChI is InChI=1S/C36H54O10/c1-8-21-10-9-11-29(37)18(2)35(40)27-14-25-23-12-22(46-36(31(43-7)17-41-5)44-20(4)19(3)42-6)13-24(23)34-28(15-30(34)38)33(25)26(27)16-32(39)45-21/h14,18-26,28,31,33-34,36H,8-13,15-17H2,1-7H3/t18-,19-,20?,21+,22+,23-,24?,25?,26-,28-,31+,33-,34+,36?/m1/s1. The van der Waals surface area contributed by atoms with Crippen LogP contribution in [0.5, 0.6) is 0 Å². The van der Waals surface area contributed by atoms with E-state index in [2.05, 4.69) is 6.08 Å². The van der Waals surface area contributed by atoms with Crippen LogP contribution in [0.25, 0.3) is 0 Å². The van der Waals surface area contributed by atoms with Crippen molar-refractivity contribution in [2.75, 3.05) is 27.9 Å². The van der Waals surface area contributed by atoms with Crippen LogP contribution in [0, 0.1) is 47.3 Å². The SMILES string of the molecule is CC[C@H]1CCCC(=O)[C@@H](C)C(=O)C2=CC3[C@@H]4C[C@H](OC(OC(C)[C@@H](C)OC)[C@H](COC)OC)CC4[C@@H]4C(=O)C[C@@H]4[C@H]3[C@@H]2CC(=O)O1. The Bertz CT molecular complexity index is 1170. The minimum Gasteiger partial charge on any atom is -0.462 e. The van der Waals surface area contributed by atoms with E-state index in [1.54, 1.807) is 28.3 Å². The highest BCUT2D eigenvalue weighted by Gasteiger charge is 2.64. The molecule has 5 rings (SSSR count). The summed E-state index contributed by atoms with van der Waals surface area (Å²) in [6.45, 7) is 7.85. The Morgan fingerprint density at radius 3 is 2.33 bits per heavy atom. The van der Waals surface area contributed by atoms with Crippen LogP contribution in [0.3, 0.4) is 0 Å². The first-order valence-electron chi connectivity index (χ1n) is 17.4. The molecule has 1 aliphatic heterocycles. The van der Waals surface area contributed by atoms with Crippen LogP contribution < -0.4 is 0 Å². The third-order valence-electron chi connectivity index (χ3n) is 11.9. The van der Waals surface area contributed by atoms with E-state index in [0.29, 0.717) is 50.5 Å². The topological polar surface area (TPSA) is 124 Å². The number of allylic oxidation sites excluding steroid dienone is 2. The maximum Gasteiger partial charge on any atom is 0.306 e. The second-order valence-electron chi connectivity index (χ2n) is 14.3. The quantitative estimate of drug-likeness (QED) is 0.180. The predicted molar refractivity (Wildman–Crippen MR) is 168 cm³/mol. The van der Waals surface area contributed by atoms with Gasteiger partial charge in [0.05, 0.1) is 37.3 Å². The van der Waals surface area contributed by atoms with Gasteiger partial charge in [0.1, 0.15) is 23.8 Å². The first kappa shape index (κ1) is 35.3. The maximum absolute atomic E-state index is 14.0. The number of carbonyl (C=O) groups excluding carboxylic acids is 4. The summed E-state index contributed by atoms with van der Waals surface area (Å²) in [6.07, 6.45) is 4.18. The number of ketones is 3. The third-order valence-corrected chi connectivity index (χ3v) is 11.9. The second kappa shape index (κ2) is 15.1. The van der Waals surface area contributed by atoms with Crippen molar-refractivity contribution in [1.29, 1.82) is 0 Å². The lowest BCUT2D eigenvalue weighted by molar-refractivity contribution is -0.255. The summed E-state index contributed by atoms with van der Waals surface area (Å²) in [5, 5.41) is 0. The molecule has 0 aromatic rings. The first-order chi connectivity index (χ1) is 22.0. The molecule has 0 aromatic carbocycles. The van der Waals surface area contributed by atoms with Crippen molar-refractivity contribution >= 4 is 23.3 Å². The molecule has 0 radical (unpaired) electrons. The van der Waals surface area contributed by atoms with E-state index in [1.165, 1.54) is 0 Å². The Labute approximate surface area is 273 Å². The van der Waals surface area contributed by atoms with Gasteiger partial charge in [-0.3, -0.25) is 19.2 Å². The zero-order valence-electron chi connectivity index (χ0n) is 28.6. The number of ether oxygens (including phenoxy) is 6. The van der Waals surface area contributed by atoms with Gasteiger partial charge < -0.3 is 28.4 Å². The van der Waals surface area contributed by atoms with Crippen molar-refractivity contribution in [1.82, 2.24) is 0 Å². The molecule has 0 amide bonds. The van der Waals surface area contributed by atoms with Crippen molar-refractivity contribution in [3.63, 3.8) is 0 Å². The lowest BCUT2D eigenvalue weighted by Crippen LogP contribution is -2.55. The van der Waals surface area contributed by atoms with Gasteiger partial charge in [0, 0.05) is 46.0 Å². The number of Topliss-reactive ketones (excluding diaryl/α,β-unsaturated/α-hetero) is 3. The van der Waals surface area contributed by atoms with Crippen molar-refractivity contribution in [3.8, 4) is 0 Å². The molecule has 10 nitrogen and oxygen atoms in total. The van der Waals surface area contributed by atoms with E-state index in [1.807, 2.05) is 20.8 Å². The van der Waals surface area contributed by atoms with Gasteiger partial charge in [0.2, 0.25) is 0 Å². The summed E-state index contributed by atoms with van der Waals surface area (Å²) in [6, 6.07) is 0. The van der Waals surface area contributed by atoms with Crippen molar-refractivity contribution in [3.05, 3.63) is 11.6 Å². The molecule has 0 spiro atoms. The lowest BCUT2D eigenvalue weighted by Gasteiger charge is -2.54. The fraction of sp³-hybridized carbons (Fsp3) is 0.833. The van der Waals surface area contributed by atoms with E-state index in [0.717, 1.165) is 0 Å². The molecule has 3 saturated carbocycles. The van der Waals surface area contributed by atoms with Crippen molar-refractivity contribution in [2.45, 2.75) is 116 Å². The number of cyclic esters (lactones) is 1. The van der Waals surface area contributed by atoms with Crippen LogP contribution in [0.1, 0.15) is 79.1 Å². The van der Waals surface area contributed by atoms with Crippen LogP contribution in [0.4, 0.5) is 0 Å². The summed E-state index contributed by atoms with van der Waals surface area (Å²) >= 11 is 0. The van der Waals surface area contributed by atoms with Gasteiger partial charge in [-0.1, -0.05) is 13.0 Å². The molecule has 10 heteroatoms. The molecule has 1 heterocycles. The van der Waals surface area contributed by atoms with Gasteiger partial charge in [-0.2, -0.15) is 0 Å². The smallest absolute Gasteiger partial charge is 0.306 e. The van der Waals surface area contributed by atoms with Gasteiger partial charge in [-0.25, -0.2) is 0 Å². The highest BCUT2D eigenvalue weighted by Crippen LogP contribution is 2.64. The first-order valence-corrected chi connectivity index (χ1v) is 17.4. The molecule has 0 N–H and O–H groups in total. The fourth-order valence-corrected chi connectivity index (χ4v) is 9.16. The van der Waals surface area contributed by atoms with Gasteiger partial charge in [0.15, 0.2) is 12.1 Å². The Balaban J connectivity index is 1.43. The van der Waals surface area contributed by atoms with Crippen LogP contribution >= 0.6 is 0 Å². The summed E-state index contributed by atoms with van der Waals surface area (Å²) in [5.41, 5.74) is 0.590. The van der Waals surface area contributed by atoms with E-state index in [-0.39, 0.29) is 102 Å². The molecule has 4 unspecified atom stereocenters. The maximum atomic E-state index is 14.0. The molecule has 0 aromatic heterocycles. The van der Waals surface area contributed by atoms with E-state index in [4.69, 9.17) is 28.4 Å². The average molecular weight is 647 g/mol. The highest BCUT2D eigenvalue weighted by molar-refractivity contribution is 6.10. The van der Waals surface area contributed by atoms with Crippen LogP contribution in [-0.4, -0.2) is 88.1 Å². The molecule has 1 saturated heterocycles. The highest BCUT2D eigenvalue weighted by atomic mass is 16.7. The lowest BCUT2D eigenvalue weighted by atomic mass is 9.49. The van der Waals surface area contributed by atoms with Crippen LogP contribution in [0.15, 0.2) is 11.6 Å². The molecule has 46 heavy (non-hydrogen) atoms.